The molecule has 0 spiro atoms. The molecule has 0 fully saturated rings. The van der Waals surface area contributed by atoms with Crippen LogP contribution in [0.3, 0.4) is 0 Å². The fourth-order valence-electron chi connectivity index (χ4n) is 1.03. The van der Waals surface area contributed by atoms with Gasteiger partial charge in [0.15, 0.2) is 0 Å². The quantitative estimate of drug-likeness (QED) is 0.427. The SMILES string of the molecule is [O-][NH2+]C(O)(O)CCc1ccccc1. The maximum absolute atomic E-state index is 10.1. The third kappa shape index (κ3) is 3.52. The Morgan fingerprint density at radius 3 is 2.38 bits per heavy atom. The lowest BCUT2D eigenvalue weighted by molar-refractivity contribution is -0.767. The van der Waals surface area contributed by atoms with Gasteiger partial charge in [-0.25, -0.2) is 0 Å². The van der Waals surface area contributed by atoms with Crippen molar-refractivity contribution in [2.24, 2.45) is 0 Å². The molecule has 0 aromatic heterocycles. The number of aryl methyl sites for hydroxylation is 1. The van der Waals surface area contributed by atoms with Gasteiger partial charge in [-0.3, -0.25) is 0 Å². The first-order chi connectivity index (χ1) is 6.14. The van der Waals surface area contributed by atoms with Gasteiger partial charge in [-0.1, -0.05) is 30.3 Å². The molecule has 0 bridgehead atoms. The minimum Gasteiger partial charge on any atom is -0.632 e. The minimum absolute atomic E-state index is 0.0283. The first-order valence-corrected chi connectivity index (χ1v) is 4.09. The lowest BCUT2D eigenvalue weighted by atomic mass is 10.1. The fraction of sp³-hybridized carbons (Fsp3) is 0.333. The van der Waals surface area contributed by atoms with Gasteiger partial charge in [0.1, 0.15) is 0 Å². The maximum atomic E-state index is 10.1. The molecule has 1 rings (SSSR count). The first-order valence-electron chi connectivity index (χ1n) is 4.09. The number of rotatable bonds is 4. The molecule has 0 aliphatic heterocycles. The average molecular weight is 183 g/mol. The maximum Gasteiger partial charge on any atom is 0.310 e. The van der Waals surface area contributed by atoms with Gasteiger partial charge in [-0.05, 0) is 12.0 Å². The largest absolute Gasteiger partial charge is 0.632 e. The van der Waals surface area contributed by atoms with Crippen molar-refractivity contribution in [3.8, 4) is 0 Å². The number of benzene rings is 1. The van der Waals surface area contributed by atoms with Crippen LogP contribution in [-0.2, 0) is 6.42 Å². The van der Waals surface area contributed by atoms with Gasteiger partial charge in [-0.2, -0.15) is 0 Å². The molecule has 0 aliphatic carbocycles. The van der Waals surface area contributed by atoms with Gasteiger partial charge in [0.2, 0.25) is 0 Å². The predicted molar refractivity (Wildman–Crippen MR) is 47.2 cm³/mol. The van der Waals surface area contributed by atoms with Crippen molar-refractivity contribution in [1.82, 2.24) is 0 Å². The molecule has 0 unspecified atom stereocenters. The summed E-state index contributed by atoms with van der Waals surface area (Å²) in [5, 5.41) is 28.1. The van der Waals surface area contributed by atoms with E-state index in [1.807, 2.05) is 30.3 Å². The fourth-order valence-corrected chi connectivity index (χ4v) is 1.03. The van der Waals surface area contributed by atoms with Crippen LogP contribution in [0.2, 0.25) is 0 Å². The van der Waals surface area contributed by atoms with Crippen molar-refractivity contribution in [2.75, 3.05) is 0 Å². The van der Waals surface area contributed by atoms with Gasteiger partial charge in [0.05, 0.1) is 6.42 Å². The van der Waals surface area contributed by atoms with Crippen LogP contribution in [-0.4, -0.2) is 16.1 Å². The second kappa shape index (κ2) is 4.34. The number of hydrogen-bond acceptors (Lipinski definition) is 3. The Morgan fingerprint density at radius 2 is 1.85 bits per heavy atom. The summed E-state index contributed by atoms with van der Waals surface area (Å²) < 4.78 is 0. The summed E-state index contributed by atoms with van der Waals surface area (Å²) in [6.45, 7) is 0. The standard InChI is InChI=1S/C9H13NO3/c11-9(12,10-13)7-6-8-4-2-1-3-5-8/h1-5,11-12H,6-7,10H2. The number of hydroxylamine groups is 1. The molecule has 0 amide bonds. The Bertz CT molecular complexity index is 248. The van der Waals surface area contributed by atoms with Crippen LogP contribution < -0.4 is 5.48 Å². The van der Waals surface area contributed by atoms with E-state index >= 15 is 0 Å². The van der Waals surface area contributed by atoms with Gasteiger partial charge in [0.25, 0.3) is 0 Å². The molecule has 4 nitrogen and oxygen atoms in total. The molecule has 72 valence electrons. The highest BCUT2D eigenvalue weighted by Gasteiger charge is 2.22. The third-order valence-corrected chi connectivity index (χ3v) is 1.81. The summed E-state index contributed by atoms with van der Waals surface area (Å²) in [4.78, 5) is 0. The minimum atomic E-state index is -2.18. The summed E-state index contributed by atoms with van der Waals surface area (Å²) in [6.07, 6.45) is 0.507. The average Bonchev–Trinajstić information content (AvgIpc) is 2.17. The van der Waals surface area contributed by atoms with Gasteiger partial charge in [0, 0.05) is 0 Å². The molecule has 0 saturated heterocycles. The van der Waals surface area contributed by atoms with Crippen molar-refractivity contribution in [3.63, 3.8) is 0 Å². The molecular formula is C9H13NO3. The Hall–Kier alpha value is -0.940. The number of aliphatic hydroxyl groups is 2. The Kier molecular flexibility index (Phi) is 3.39. The molecule has 0 radical (unpaired) electrons. The van der Waals surface area contributed by atoms with Gasteiger partial charge < -0.3 is 20.9 Å². The van der Waals surface area contributed by atoms with Crippen molar-refractivity contribution in [1.29, 1.82) is 0 Å². The Balaban J connectivity index is 2.44. The molecule has 1 aromatic carbocycles. The van der Waals surface area contributed by atoms with Crippen LogP contribution in [0.1, 0.15) is 12.0 Å². The van der Waals surface area contributed by atoms with E-state index in [1.165, 1.54) is 0 Å². The molecule has 0 aliphatic rings. The monoisotopic (exact) mass is 183 g/mol. The zero-order chi connectivity index (χ0) is 9.73. The summed E-state index contributed by atoms with van der Waals surface area (Å²) in [5.74, 6) is -2.18. The van der Waals surface area contributed by atoms with Crippen LogP contribution in [0.5, 0.6) is 0 Å². The van der Waals surface area contributed by atoms with Crippen LogP contribution in [0.15, 0.2) is 30.3 Å². The molecule has 4 N–H and O–H groups in total. The highest BCUT2D eigenvalue weighted by molar-refractivity contribution is 5.14. The first kappa shape index (κ1) is 10.1. The smallest absolute Gasteiger partial charge is 0.310 e. The number of nitrogens with two attached hydrogens (primary N) is 1. The van der Waals surface area contributed by atoms with E-state index in [0.717, 1.165) is 5.56 Å². The number of hydrogen-bond donors (Lipinski definition) is 3. The van der Waals surface area contributed by atoms with E-state index in [2.05, 4.69) is 0 Å². The van der Waals surface area contributed by atoms with Crippen LogP contribution in [0.25, 0.3) is 0 Å². The predicted octanol–water partition coefficient (Wildman–Crippen LogP) is -0.681. The van der Waals surface area contributed by atoms with Crippen molar-refractivity contribution in [3.05, 3.63) is 41.1 Å². The van der Waals surface area contributed by atoms with Crippen LogP contribution >= 0.6 is 0 Å². The lowest BCUT2D eigenvalue weighted by Crippen LogP contribution is -2.92. The van der Waals surface area contributed by atoms with E-state index in [0.29, 0.717) is 6.42 Å². The molecule has 13 heavy (non-hydrogen) atoms. The highest BCUT2D eigenvalue weighted by atomic mass is 16.6. The van der Waals surface area contributed by atoms with E-state index in [-0.39, 0.29) is 11.9 Å². The highest BCUT2D eigenvalue weighted by Crippen LogP contribution is 2.05. The lowest BCUT2D eigenvalue weighted by Gasteiger charge is -2.20. The van der Waals surface area contributed by atoms with E-state index in [4.69, 9.17) is 10.2 Å². The summed E-state index contributed by atoms with van der Waals surface area (Å²) in [6, 6.07) is 9.37. The van der Waals surface area contributed by atoms with Crippen molar-refractivity contribution < 1.29 is 15.7 Å². The molecule has 0 atom stereocenters. The Morgan fingerprint density at radius 1 is 1.23 bits per heavy atom. The normalized spacial score (nSPS) is 11.6. The molecule has 0 saturated carbocycles. The van der Waals surface area contributed by atoms with Crippen LogP contribution in [0.4, 0.5) is 0 Å². The third-order valence-electron chi connectivity index (χ3n) is 1.81. The second-order valence-corrected chi connectivity index (χ2v) is 2.98. The van der Waals surface area contributed by atoms with Gasteiger partial charge >= 0.3 is 5.91 Å². The second-order valence-electron chi connectivity index (χ2n) is 2.98. The van der Waals surface area contributed by atoms with E-state index in [9.17, 15) is 5.21 Å². The molecule has 4 heteroatoms. The summed E-state index contributed by atoms with van der Waals surface area (Å²) >= 11 is 0. The van der Waals surface area contributed by atoms with Gasteiger partial charge in [-0.15, -0.1) is 0 Å². The summed E-state index contributed by atoms with van der Waals surface area (Å²) in [5.41, 5.74) is 1.13. The molecule has 1 aromatic rings. The topological polar surface area (TPSA) is 80.1 Å². The zero-order valence-electron chi connectivity index (χ0n) is 7.18. The molecular weight excluding hydrogens is 170 g/mol. The Labute approximate surface area is 76.4 Å². The number of quaternary nitrogens is 1. The zero-order valence-corrected chi connectivity index (χ0v) is 7.18. The molecule has 0 heterocycles. The van der Waals surface area contributed by atoms with Crippen LogP contribution in [0, 0.1) is 5.21 Å². The summed E-state index contributed by atoms with van der Waals surface area (Å²) in [7, 11) is 0. The van der Waals surface area contributed by atoms with E-state index in [1.54, 1.807) is 0 Å². The van der Waals surface area contributed by atoms with Crippen molar-refractivity contribution in [2.45, 2.75) is 18.8 Å². The van der Waals surface area contributed by atoms with E-state index < -0.39 is 5.91 Å². The van der Waals surface area contributed by atoms with Crippen molar-refractivity contribution >= 4 is 0 Å².